The molecule has 4 heteroatoms. The maximum absolute atomic E-state index is 5.58. The van der Waals surface area contributed by atoms with Crippen LogP contribution in [0.25, 0.3) is 0 Å². The van der Waals surface area contributed by atoms with Crippen molar-refractivity contribution in [3.05, 3.63) is 59.9 Å². The number of methoxy groups -OCH3 is 1. The molecule has 4 nitrogen and oxygen atoms in total. The Labute approximate surface area is 125 Å². The molecule has 1 aromatic heterocycles. The fourth-order valence-electron chi connectivity index (χ4n) is 2.96. The molecule has 1 aliphatic rings. The first-order chi connectivity index (χ1) is 10.4. The Balaban J connectivity index is 2.03. The number of para-hydroxylation sites is 1. The summed E-state index contributed by atoms with van der Waals surface area (Å²) in [4.78, 5) is 6.79. The predicted molar refractivity (Wildman–Crippen MR) is 83.5 cm³/mol. The molecule has 1 saturated heterocycles. The van der Waals surface area contributed by atoms with E-state index in [0.717, 1.165) is 31.9 Å². The van der Waals surface area contributed by atoms with Crippen molar-refractivity contribution in [1.29, 1.82) is 0 Å². The van der Waals surface area contributed by atoms with E-state index in [1.807, 2.05) is 30.6 Å². The average Bonchev–Trinajstić information content (AvgIpc) is 2.58. The SMILES string of the molecule is COc1ccccc1C(c1cccnc1)N1CCNCC1. The molecule has 1 aromatic carbocycles. The zero-order valence-electron chi connectivity index (χ0n) is 12.3. The summed E-state index contributed by atoms with van der Waals surface area (Å²) in [6.45, 7) is 4.09. The van der Waals surface area contributed by atoms with Crippen molar-refractivity contribution in [2.45, 2.75) is 6.04 Å². The summed E-state index contributed by atoms with van der Waals surface area (Å²) in [5.41, 5.74) is 2.42. The van der Waals surface area contributed by atoms with Crippen LogP contribution in [0.4, 0.5) is 0 Å². The second kappa shape index (κ2) is 6.70. The Morgan fingerprint density at radius 3 is 2.67 bits per heavy atom. The lowest BCUT2D eigenvalue weighted by Crippen LogP contribution is -2.45. The lowest BCUT2D eigenvalue weighted by molar-refractivity contribution is 0.195. The number of hydrogen-bond acceptors (Lipinski definition) is 4. The Morgan fingerprint density at radius 1 is 1.14 bits per heavy atom. The molecule has 1 fully saturated rings. The molecule has 0 aliphatic carbocycles. The average molecular weight is 283 g/mol. The zero-order chi connectivity index (χ0) is 14.5. The van der Waals surface area contributed by atoms with Gasteiger partial charge in [-0.15, -0.1) is 0 Å². The van der Waals surface area contributed by atoms with Crippen LogP contribution in [0, 0.1) is 0 Å². The van der Waals surface area contributed by atoms with Crippen LogP contribution in [0.1, 0.15) is 17.2 Å². The van der Waals surface area contributed by atoms with E-state index in [1.165, 1.54) is 11.1 Å². The minimum absolute atomic E-state index is 0.192. The highest BCUT2D eigenvalue weighted by Crippen LogP contribution is 2.34. The molecular formula is C17H21N3O. The van der Waals surface area contributed by atoms with Crippen LogP contribution >= 0.6 is 0 Å². The minimum Gasteiger partial charge on any atom is -0.496 e. The molecule has 1 atom stereocenters. The van der Waals surface area contributed by atoms with E-state index in [-0.39, 0.29) is 6.04 Å². The number of benzene rings is 1. The summed E-state index contributed by atoms with van der Waals surface area (Å²) < 4.78 is 5.58. The first-order valence-corrected chi connectivity index (χ1v) is 7.38. The third kappa shape index (κ3) is 3.06. The second-order valence-corrected chi connectivity index (χ2v) is 5.22. The highest BCUT2D eigenvalue weighted by molar-refractivity contribution is 5.41. The lowest BCUT2D eigenvalue weighted by Gasteiger charge is -2.35. The summed E-state index contributed by atoms with van der Waals surface area (Å²) in [7, 11) is 1.73. The van der Waals surface area contributed by atoms with Crippen LogP contribution in [0.5, 0.6) is 5.75 Å². The molecule has 0 saturated carbocycles. The van der Waals surface area contributed by atoms with Gasteiger partial charge in [0, 0.05) is 44.1 Å². The van der Waals surface area contributed by atoms with Gasteiger partial charge in [-0.2, -0.15) is 0 Å². The normalized spacial score (nSPS) is 17.4. The van der Waals surface area contributed by atoms with Gasteiger partial charge < -0.3 is 10.1 Å². The zero-order valence-corrected chi connectivity index (χ0v) is 12.3. The van der Waals surface area contributed by atoms with Crippen LogP contribution in [0.15, 0.2) is 48.8 Å². The van der Waals surface area contributed by atoms with Crippen LogP contribution in [-0.4, -0.2) is 43.2 Å². The minimum atomic E-state index is 0.192. The molecular weight excluding hydrogens is 262 g/mol. The number of pyridine rings is 1. The Kier molecular flexibility index (Phi) is 4.48. The second-order valence-electron chi connectivity index (χ2n) is 5.22. The van der Waals surface area contributed by atoms with Gasteiger partial charge in [0.1, 0.15) is 5.75 Å². The third-order valence-corrected chi connectivity index (χ3v) is 3.95. The van der Waals surface area contributed by atoms with Crippen molar-refractivity contribution < 1.29 is 4.74 Å². The van der Waals surface area contributed by atoms with Gasteiger partial charge >= 0.3 is 0 Å². The lowest BCUT2D eigenvalue weighted by atomic mass is 9.97. The number of nitrogens with zero attached hydrogens (tertiary/aromatic N) is 2. The largest absolute Gasteiger partial charge is 0.496 e. The fourth-order valence-corrected chi connectivity index (χ4v) is 2.96. The van der Waals surface area contributed by atoms with E-state index < -0.39 is 0 Å². The van der Waals surface area contributed by atoms with Gasteiger partial charge in [-0.3, -0.25) is 9.88 Å². The molecule has 1 unspecified atom stereocenters. The first kappa shape index (κ1) is 14.0. The van der Waals surface area contributed by atoms with Gasteiger partial charge in [-0.05, 0) is 17.7 Å². The van der Waals surface area contributed by atoms with Gasteiger partial charge in [0.15, 0.2) is 0 Å². The molecule has 110 valence electrons. The molecule has 0 spiro atoms. The van der Waals surface area contributed by atoms with Crippen molar-refractivity contribution in [3.63, 3.8) is 0 Å². The van der Waals surface area contributed by atoms with Crippen molar-refractivity contribution in [2.75, 3.05) is 33.3 Å². The molecule has 2 aromatic rings. The van der Waals surface area contributed by atoms with Crippen LogP contribution in [0.3, 0.4) is 0 Å². The molecule has 1 aliphatic heterocycles. The number of nitrogens with one attached hydrogen (secondary N) is 1. The van der Waals surface area contributed by atoms with Crippen molar-refractivity contribution in [2.24, 2.45) is 0 Å². The van der Waals surface area contributed by atoms with Gasteiger partial charge in [0.05, 0.1) is 13.2 Å². The van der Waals surface area contributed by atoms with Gasteiger partial charge in [0.25, 0.3) is 0 Å². The monoisotopic (exact) mass is 283 g/mol. The Bertz CT molecular complexity index is 567. The molecule has 1 N–H and O–H groups in total. The van der Waals surface area contributed by atoms with Crippen molar-refractivity contribution >= 4 is 0 Å². The summed E-state index contributed by atoms with van der Waals surface area (Å²) >= 11 is 0. The van der Waals surface area contributed by atoms with E-state index >= 15 is 0 Å². The third-order valence-electron chi connectivity index (χ3n) is 3.95. The van der Waals surface area contributed by atoms with Gasteiger partial charge in [-0.25, -0.2) is 0 Å². The molecule has 0 amide bonds. The van der Waals surface area contributed by atoms with Crippen LogP contribution < -0.4 is 10.1 Å². The topological polar surface area (TPSA) is 37.4 Å². The molecule has 2 heterocycles. The number of piperazine rings is 1. The first-order valence-electron chi connectivity index (χ1n) is 7.38. The van der Waals surface area contributed by atoms with E-state index in [0.29, 0.717) is 0 Å². The van der Waals surface area contributed by atoms with E-state index in [9.17, 15) is 0 Å². The predicted octanol–water partition coefficient (Wildman–Crippen LogP) is 2.08. The highest BCUT2D eigenvalue weighted by atomic mass is 16.5. The van der Waals surface area contributed by atoms with E-state index in [1.54, 1.807) is 7.11 Å². The van der Waals surface area contributed by atoms with Crippen LogP contribution in [-0.2, 0) is 0 Å². The summed E-state index contributed by atoms with van der Waals surface area (Å²) in [5, 5.41) is 3.41. The Hall–Kier alpha value is -1.91. The molecule has 0 radical (unpaired) electrons. The Morgan fingerprint density at radius 2 is 1.95 bits per heavy atom. The fraction of sp³-hybridized carbons (Fsp3) is 0.353. The number of rotatable bonds is 4. The molecule has 3 rings (SSSR count). The summed E-state index contributed by atoms with van der Waals surface area (Å²) in [6, 6.07) is 12.6. The van der Waals surface area contributed by atoms with E-state index in [4.69, 9.17) is 4.74 Å². The maximum Gasteiger partial charge on any atom is 0.123 e. The summed E-state index contributed by atoms with van der Waals surface area (Å²) in [6.07, 6.45) is 3.78. The van der Waals surface area contributed by atoms with E-state index in [2.05, 4.69) is 33.4 Å². The molecule has 21 heavy (non-hydrogen) atoms. The number of aromatic nitrogens is 1. The molecule has 0 bridgehead atoms. The quantitative estimate of drug-likeness (QED) is 0.932. The smallest absolute Gasteiger partial charge is 0.123 e. The summed E-state index contributed by atoms with van der Waals surface area (Å²) in [5.74, 6) is 0.935. The standard InChI is InChI=1S/C17H21N3O/c1-21-16-7-3-2-6-15(16)17(14-5-4-8-19-13-14)20-11-9-18-10-12-20/h2-8,13,17-18H,9-12H2,1H3. The van der Waals surface area contributed by atoms with Gasteiger partial charge in [-0.1, -0.05) is 24.3 Å². The highest BCUT2D eigenvalue weighted by Gasteiger charge is 2.26. The number of hydrogen-bond donors (Lipinski definition) is 1. The van der Waals surface area contributed by atoms with Gasteiger partial charge in [0.2, 0.25) is 0 Å². The maximum atomic E-state index is 5.58. The van der Waals surface area contributed by atoms with Crippen molar-refractivity contribution in [1.82, 2.24) is 15.2 Å². The van der Waals surface area contributed by atoms with Crippen LogP contribution in [0.2, 0.25) is 0 Å². The van der Waals surface area contributed by atoms with Crippen molar-refractivity contribution in [3.8, 4) is 5.75 Å². The number of ether oxygens (including phenoxy) is 1.